The first-order valence-corrected chi connectivity index (χ1v) is 5.86. The van der Waals surface area contributed by atoms with Gasteiger partial charge in [-0.3, -0.25) is 4.79 Å². The molecule has 1 saturated carbocycles. The van der Waals surface area contributed by atoms with E-state index in [4.69, 9.17) is 4.74 Å². The molecular weight excluding hydrogens is 222 g/mol. The molecule has 0 aromatic rings. The highest BCUT2D eigenvalue weighted by molar-refractivity contribution is 5.80. The van der Waals surface area contributed by atoms with Crippen LogP contribution in [0.3, 0.4) is 0 Å². The molecular formula is C12H17NO4. The zero-order valence-corrected chi connectivity index (χ0v) is 9.72. The summed E-state index contributed by atoms with van der Waals surface area (Å²) < 4.78 is 4.95. The SMILES string of the molecule is C=CCOC(=O)N1CCCC2CC2(C(=O)O)C1. The van der Waals surface area contributed by atoms with Crippen molar-refractivity contribution in [3.8, 4) is 0 Å². The fourth-order valence-electron chi connectivity index (χ4n) is 2.61. The van der Waals surface area contributed by atoms with Crippen LogP contribution < -0.4 is 0 Å². The molecule has 17 heavy (non-hydrogen) atoms. The molecule has 0 aromatic carbocycles. The van der Waals surface area contributed by atoms with Crippen molar-refractivity contribution in [2.75, 3.05) is 19.7 Å². The summed E-state index contributed by atoms with van der Waals surface area (Å²) in [7, 11) is 0. The number of amides is 1. The Bertz CT molecular complexity index is 354. The number of nitrogens with zero attached hydrogens (tertiary/aromatic N) is 1. The molecule has 1 amide bonds. The minimum absolute atomic E-state index is 0.166. The second-order valence-corrected chi connectivity index (χ2v) is 4.79. The van der Waals surface area contributed by atoms with Crippen molar-refractivity contribution < 1.29 is 19.4 Å². The number of carbonyl (C=O) groups is 2. The molecule has 2 aliphatic rings. The Labute approximate surface area is 100 Å². The van der Waals surface area contributed by atoms with Crippen molar-refractivity contribution in [2.45, 2.75) is 19.3 Å². The highest BCUT2D eigenvalue weighted by Gasteiger charge is 2.61. The average molecular weight is 239 g/mol. The van der Waals surface area contributed by atoms with Gasteiger partial charge in [-0.25, -0.2) is 4.79 Å². The molecule has 2 fully saturated rings. The van der Waals surface area contributed by atoms with Crippen LogP contribution in [0, 0.1) is 11.3 Å². The van der Waals surface area contributed by atoms with Gasteiger partial charge in [-0.1, -0.05) is 12.7 Å². The van der Waals surface area contributed by atoms with E-state index in [1.807, 2.05) is 0 Å². The van der Waals surface area contributed by atoms with Crippen LogP contribution in [0.1, 0.15) is 19.3 Å². The predicted octanol–water partition coefficient (Wildman–Crippen LogP) is 1.50. The number of carboxylic acids is 1. The standard InChI is InChI=1S/C12H17NO4/c1-2-6-17-11(16)13-5-3-4-9-7-12(9,8-13)10(14)15/h2,9H,1,3-8H2,(H,14,15). The van der Waals surface area contributed by atoms with Crippen molar-refractivity contribution in [3.05, 3.63) is 12.7 Å². The maximum atomic E-state index is 11.7. The normalized spacial score (nSPS) is 31.1. The van der Waals surface area contributed by atoms with Crippen molar-refractivity contribution in [1.29, 1.82) is 0 Å². The topological polar surface area (TPSA) is 66.8 Å². The zero-order chi connectivity index (χ0) is 12.5. The van der Waals surface area contributed by atoms with Crippen molar-refractivity contribution in [3.63, 3.8) is 0 Å². The van der Waals surface area contributed by atoms with E-state index in [1.165, 1.54) is 11.0 Å². The molecule has 1 aliphatic carbocycles. The zero-order valence-electron chi connectivity index (χ0n) is 9.72. The van der Waals surface area contributed by atoms with Crippen LogP contribution in [0.5, 0.6) is 0 Å². The number of aliphatic carboxylic acids is 1. The molecule has 1 heterocycles. The lowest BCUT2D eigenvalue weighted by molar-refractivity contribution is -0.144. The Morgan fingerprint density at radius 3 is 3.00 bits per heavy atom. The van der Waals surface area contributed by atoms with Gasteiger partial charge in [0.2, 0.25) is 0 Å². The van der Waals surface area contributed by atoms with Gasteiger partial charge in [0.25, 0.3) is 0 Å². The van der Waals surface area contributed by atoms with Crippen LogP contribution in [0.4, 0.5) is 4.79 Å². The van der Waals surface area contributed by atoms with E-state index in [0.29, 0.717) is 13.0 Å². The van der Waals surface area contributed by atoms with Gasteiger partial charge in [0.05, 0.1) is 5.41 Å². The van der Waals surface area contributed by atoms with Gasteiger partial charge in [-0.2, -0.15) is 0 Å². The molecule has 0 bridgehead atoms. The van der Waals surface area contributed by atoms with E-state index >= 15 is 0 Å². The summed E-state index contributed by atoms with van der Waals surface area (Å²) >= 11 is 0. The monoisotopic (exact) mass is 239 g/mol. The third kappa shape index (κ3) is 2.14. The quantitative estimate of drug-likeness (QED) is 0.758. The summed E-state index contributed by atoms with van der Waals surface area (Å²) in [6.07, 6.45) is 3.49. The van der Waals surface area contributed by atoms with E-state index < -0.39 is 17.5 Å². The summed E-state index contributed by atoms with van der Waals surface area (Å²) in [4.78, 5) is 24.5. The third-order valence-electron chi connectivity index (χ3n) is 3.69. The maximum Gasteiger partial charge on any atom is 0.410 e. The lowest BCUT2D eigenvalue weighted by atomic mass is 10.0. The molecule has 94 valence electrons. The minimum Gasteiger partial charge on any atom is -0.481 e. The van der Waals surface area contributed by atoms with E-state index in [-0.39, 0.29) is 19.1 Å². The molecule has 1 saturated heterocycles. The molecule has 1 N–H and O–H groups in total. The fraction of sp³-hybridized carbons (Fsp3) is 0.667. The number of rotatable bonds is 3. The van der Waals surface area contributed by atoms with Crippen LogP contribution in [-0.4, -0.2) is 41.8 Å². The average Bonchev–Trinajstić information content (AvgIpc) is 2.99. The number of carboxylic acid groups (broad SMARTS) is 1. The Morgan fingerprint density at radius 1 is 1.59 bits per heavy atom. The number of fused-ring (bicyclic) bond motifs is 1. The first-order chi connectivity index (χ1) is 8.10. The van der Waals surface area contributed by atoms with Crippen LogP contribution in [0.15, 0.2) is 12.7 Å². The predicted molar refractivity (Wildman–Crippen MR) is 60.5 cm³/mol. The second kappa shape index (κ2) is 4.39. The van der Waals surface area contributed by atoms with E-state index in [2.05, 4.69) is 6.58 Å². The highest BCUT2D eigenvalue weighted by Crippen LogP contribution is 2.57. The van der Waals surface area contributed by atoms with E-state index in [9.17, 15) is 14.7 Å². The maximum absolute atomic E-state index is 11.7. The number of ether oxygens (including phenoxy) is 1. The smallest absolute Gasteiger partial charge is 0.410 e. The highest BCUT2D eigenvalue weighted by atomic mass is 16.6. The molecule has 5 heteroatoms. The lowest BCUT2D eigenvalue weighted by Gasteiger charge is -2.23. The van der Waals surface area contributed by atoms with E-state index in [0.717, 1.165) is 12.8 Å². The molecule has 2 rings (SSSR count). The van der Waals surface area contributed by atoms with Crippen molar-refractivity contribution in [2.24, 2.45) is 11.3 Å². The van der Waals surface area contributed by atoms with Gasteiger partial charge < -0.3 is 14.7 Å². The molecule has 1 aliphatic heterocycles. The Kier molecular flexibility index (Phi) is 3.09. The number of hydrogen-bond acceptors (Lipinski definition) is 3. The largest absolute Gasteiger partial charge is 0.481 e. The van der Waals surface area contributed by atoms with Crippen molar-refractivity contribution >= 4 is 12.1 Å². The summed E-state index contributed by atoms with van der Waals surface area (Å²) in [5.74, 6) is -0.553. The molecule has 0 aromatic heterocycles. The molecule has 2 unspecified atom stereocenters. The molecule has 5 nitrogen and oxygen atoms in total. The second-order valence-electron chi connectivity index (χ2n) is 4.79. The van der Waals surface area contributed by atoms with Gasteiger partial charge in [0, 0.05) is 13.1 Å². The Morgan fingerprint density at radius 2 is 2.35 bits per heavy atom. The molecule has 2 atom stereocenters. The first kappa shape index (κ1) is 12.0. The van der Waals surface area contributed by atoms with Gasteiger partial charge in [0.15, 0.2) is 0 Å². The van der Waals surface area contributed by atoms with Gasteiger partial charge >= 0.3 is 12.1 Å². The van der Waals surface area contributed by atoms with Crippen molar-refractivity contribution in [1.82, 2.24) is 4.90 Å². The lowest BCUT2D eigenvalue weighted by Crippen LogP contribution is -2.39. The summed E-state index contributed by atoms with van der Waals surface area (Å²) in [6, 6.07) is 0. The number of likely N-dealkylation sites (tertiary alicyclic amines) is 1. The fourth-order valence-corrected chi connectivity index (χ4v) is 2.61. The van der Waals surface area contributed by atoms with Gasteiger partial charge in [-0.15, -0.1) is 0 Å². The minimum atomic E-state index is -0.786. The molecule has 0 radical (unpaired) electrons. The summed E-state index contributed by atoms with van der Waals surface area (Å²) in [5.41, 5.74) is -0.705. The van der Waals surface area contributed by atoms with Gasteiger partial charge in [0.1, 0.15) is 6.61 Å². The summed E-state index contributed by atoms with van der Waals surface area (Å²) in [6.45, 7) is 4.50. The van der Waals surface area contributed by atoms with E-state index in [1.54, 1.807) is 0 Å². The van der Waals surface area contributed by atoms with Crippen LogP contribution >= 0.6 is 0 Å². The summed E-state index contributed by atoms with van der Waals surface area (Å²) in [5, 5.41) is 9.24. The van der Waals surface area contributed by atoms with Crippen LogP contribution in [0.2, 0.25) is 0 Å². The Hall–Kier alpha value is -1.52. The number of carbonyl (C=O) groups excluding carboxylic acids is 1. The van der Waals surface area contributed by atoms with Crippen LogP contribution in [-0.2, 0) is 9.53 Å². The number of hydrogen-bond donors (Lipinski definition) is 1. The van der Waals surface area contributed by atoms with Crippen LogP contribution in [0.25, 0.3) is 0 Å². The van der Waals surface area contributed by atoms with Gasteiger partial charge in [-0.05, 0) is 25.2 Å². The Balaban J connectivity index is 2.01. The third-order valence-corrected chi connectivity index (χ3v) is 3.69. The molecule has 0 spiro atoms. The first-order valence-electron chi connectivity index (χ1n) is 5.86.